The average Bonchev–Trinajstić information content (AvgIpc) is 3.28. The number of anilines is 2. The van der Waals surface area contributed by atoms with Gasteiger partial charge in [0.15, 0.2) is 23.0 Å². The number of hydrogen-bond acceptors (Lipinski definition) is 10. The van der Waals surface area contributed by atoms with E-state index in [1.807, 2.05) is 60.7 Å². The Kier molecular flexibility index (Phi) is 21.0. The number of carbonyl (C=O) groups is 2. The van der Waals surface area contributed by atoms with Gasteiger partial charge < -0.3 is 39.3 Å². The largest absolute Gasteiger partial charge is 0.490 e. The molecule has 0 radical (unpaired) electrons. The van der Waals surface area contributed by atoms with Crippen LogP contribution in [0, 0.1) is 0 Å². The molecule has 0 aromatic heterocycles. The molecular weight excluding hydrogens is 837 g/mol. The molecule has 0 unspecified atom stereocenters. The van der Waals surface area contributed by atoms with Crippen molar-refractivity contribution in [1.82, 2.24) is 11.0 Å². The van der Waals surface area contributed by atoms with Crippen molar-refractivity contribution in [2.45, 2.75) is 131 Å². The summed E-state index contributed by atoms with van der Waals surface area (Å²) in [6.07, 6.45) is 7.48. The number of benzene rings is 4. The summed E-state index contributed by atoms with van der Waals surface area (Å²) in [6, 6.07) is 26.1. The number of hydroxylamine groups is 2. The molecule has 0 bridgehead atoms. The molecule has 358 valence electrons. The van der Waals surface area contributed by atoms with E-state index < -0.39 is 11.9 Å². The molecule has 0 aliphatic rings. The van der Waals surface area contributed by atoms with Crippen LogP contribution in [-0.2, 0) is 30.1 Å². The topological polar surface area (TPSA) is 162 Å². The Morgan fingerprint density at radius 2 is 0.773 bits per heavy atom. The molecule has 0 spiro atoms. The second kappa shape index (κ2) is 26.5. The summed E-state index contributed by atoms with van der Waals surface area (Å²) < 4.78 is 24.3. The van der Waals surface area contributed by atoms with Gasteiger partial charge in [-0.1, -0.05) is 119 Å². The number of unbranched alkanes of at least 4 members (excludes halogenated alkanes) is 4. The highest BCUT2D eigenvalue weighted by molar-refractivity contribution is 6.30. The van der Waals surface area contributed by atoms with Crippen LogP contribution in [0.3, 0.4) is 0 Å². The predicted molar refractivity (Wildman–Crippen MR) is 265 cm³/mol. The van der Waals surface area contributed by atoms with Crippen molar-refractivity contribution < 1.29 is 38.2 Å². The fourth-order valence-electron chi connectivity index (χ4n) is 5.97. The quantitative estimate of drug-likeness (QED) is 0.0219. The van der Waals surface area contributed by atoms with Gasteiger partial charge in [0.1, 0.15) is 0 Å². The van der Waals surface area contributed by atoms with Crippen LogP contribution in [0.4, 0.5) is 22.7 Å². The van der Waals surface area contributed by atoms with Crippen molar-refractivity contribution in [3.05, 3.63) is 96.1 Å². The van der Waals surface area contributed by atoms with Crippen LogP contribution in [0.5, 0.6) is 23.0 Å². The molecular formula is C52H72N6O8. The van der Waals surface area contributed by atoms with Crippen molar-refractivity contribution >= 4 is 46.6 Å². The Balaban J connectivity index is 1.57. The van der Waals surface area contributed by atoms with Crippen molar-refractivity contribution in [2.24, 2.45) is 9.98 Å². The first-order chi connectivity index (χ1) is 31.6. The number of hydrogen-bond donors (Lipinski definition) is 4. The molecule has 0 saturated carbocycles. The summed E-state index contributed by atoms with van der Waals surface area (Å²) in [5.41, 5.74) is 9.36. The second-order valence-corrected chi connectivity index (χ2v) is 17.9. The Bertz CT molecular complexity index is 2020. The maximum Gasteiger partial charge on any atom is 0.443 e. The first-order valence-corrected chi connectivity index (χ1v) is 23.3. The molecule has 0 aliphatic heterocycles. The van der Waals surface area contributed by atoms with Gasteiger partial charge in [-0.3, -0.25) is 0 Å². The summed E-state index contributed by atoms with van der Waals surface area (Å²) >= 11 is 0. The molecule has 4 N–H and O–H groups in total. The molecule has 0 fully saturated rings. The standard InChI is InChI=1S/C52H72N6O8/c1-11-15-31-61-43-29-27-41(35-45(43)63-33-17-13-3)55-49(53-39-23-19-37(20-24-39)51(5,6)7)57-65-47(59)48(60)66-58-50(54-40-25-21-38(22-26-40)52(8,9)10)56-42-28-30-44(62-32-16-12-2)46(36-42)64-34-18-14-4/h19-30,35-36H,11-18,31-34H2,1-10H3,(H2,53,55,57)(H2,54,56,58). The lowest BCUT2D eigenvalue weighted by Gasteiger charge is -2.19. The number of guanidine groups is 2. The summed E-state index contributed by atoms with van der Waals surface area (Å²) in [7, 11) is 0. The summed E-state index contributed by atoms with van der Waals surface area (Å²) in [4.78, 5) is 46.4. The van der Waals surface area contributed by atoms with Gasteiger partial charge in [-0.2, -0.15) is 11.0 Å². The van der Waals surface area contributed by atoms with Crippen molar-refractivity contribution in [3.8, 4) is 23.0 Å². The van der Waals surface area contributed by atoms with Crippen LogP contribution < -0.4 is 40.5 Å². The highest BCUT2D eigenvalue weighted by Crippen LogP contribution is 2.33. The smallest absolute Gasteiger partial charge is 0.443 e. The number of carbonyl (C=O) groups excluding carboxylic acids is 2. The van der Waals surface area contributed by atoms with Gasteiger partial charge in [-0.05, 0) is 96.2 Å². The minimum atomic E-state index is -1.36. The summed E-state index contributed by atoms with van der Waals surface area (Å²) in [6.45, 7) is 23.3. The third kappa shape index (κ3) is 17.9. The molecule has 0 saturated heterocycles. The van der Waals surface area contributed by atoms with E-state index >= 15 is 0 Å². The Hall–Kier alpha value is -6.44. The fourth-order valence-corrected chi connectivity index (χ4v) is 5.97. The number of ether oxygens (including phenoxy) is 4. The van der Waals surface area contributed by atoms with Crippen LogP contribution in [0.25, 0.3) is 0 Å². The van der Waals surface area contributed by atoms with Gasteiger partial charge in [-0.25, -0.2) is 19.6 Å². The van der Waals surface area contributed by atoms with Gasteiger partial charge in [-0.15, -0.1) is 0 Å². The zero-order chi connectivity index (χ0) is 48.0. The SMILES string of the molecule is CCCCOc1ccc(NC(=Nc2ccc(C(C)(C)C)cc2)NOC(=O)C(=O)ONC(=Nc2ccc(C(C)(C)C)cc2)Nc2ccc(OCCCC)c(OCCCC)c2)cc1OCCCC. The summed E-state index contributed by atoms with van der Waals surface area (Å²) in [5.74, 6) is -0.374. The molecule has 14 nitrogen and oxygen atoms in total. The predicted octanol–water partition coefficient (Wildman–Crippen LogP) is 12.0. The minimum absolute atomic E-state index is 0.00785. The highest BCUT2D eigenvalue weighted by atomic mass is 16.7. The number of nitrogens with zero attached hydrogens (tertiary/aromatic N) is 2. The van der Waals surface area contributed by atoms with E-state index in [0.29, 0.717) is 72.2 Å². The van der Waals surface area contributed by atoms with Crippen molar-refractivity contribution in [3.63, 3.8) is 0 Å². The lowest BCUT2D eigenvalue weighted by molar-refractivity contribution is -0.172. The molecule has 4 rings (SSSR count). The lowest BCUT2D eigenvalue weighted by atomic mass is 9.87. The van der Waals surface area contributed by atoms with Crippen LogP contribution >= 0.6 is 0 Å². The van der Waals surface area contributed by atoms with E-state index in [1.54, 1.807) is 24.3 Å². The lowest BCUT2D eigenvalue weighted by Crippen LogP contribution is -2.39. The van der Waals surface area contributed by atoms with E-state index in [-0.39, 0.29) is 22.7 Å². The van der Waals surface area contributed by atoms with Crippen molar-refractivity contribution in [2.75, 3.05) is 37.1 Å². The second-order valence-electron chi connectivity index (χ2n) is 17.9. The van der Waals surface area contributed by atoms with Gasteiger partial charge in [0.25, 0.3) is 0 Å². The van der Waals surface area contributed by atoms with Crippen LogP contribution in [0.15, 0.2) is 94.9 Å². The molecule has 14 heteroatoms. The Morgan fingerprint density at radius 1 is 0.455 bits per heavy atom. The zero-order valence-corrected chi connectivity index (χ0v) is 40.7. The molecule has 0 amide bonds. The van der Waals surface area contributed by atoms with E-state index in [1.165, 1.54) is 0 Å². The third-order valence-corrected chi connectivity index (χ3v) is 10.0. The van der Waals surface area contributed by atoms with Crippen LogP contribution in [-0.4, -0.2) is 50.3 Å². The first-order valence-electron chi connectivity index (χ1n) is 23.3. The Morgan fingerprint density at radius 3 is 1.08 bits per heavy atom. The third-order valence-electron chi connectivity index (χ3n) is 10.0. The monoisotopic (exact) mass is 909 g/mol. The molecule has 66 heavy (non-hydrogen) atoms. The van der Waals surface area contributed by atoms with Gasteiger partial charge in [0.05, 0.1) is 37.8 Å². The highest BCUT2D eigenvalue weighted by Gasteiger charge is 2.22. The van der Waals surface area contributed by atoms with Crippen molar-refractivity contribution in [1.29, 1.82) is 0 Å². The average molecular weight is 909 g/mol. The Labute approximate surface area is 392 Å². The molecule has 4 aromatic rings. The molecule has 4 aromatic carbocycles. The van der Waals surface area contributed by atoms with Crippen LogP contribution in [0.2, 0.25) is 0 Å². The minimum Gasteiger partial charge on any atom is -0.490 e. The maximum absolute atomic E-state index is 13.2. The number of nitrogens with one attached hydrogen (secondary N) is 4. The summed E-state index contributed by atoms with van der Waals surface area (Å²) in [5, 5.41) is 6.32. The fraction of sp³-hybridized carbons (Fsp3) is 0.462. The van der Waals surface area contributed by atoms with E-state index in [4.69, 9.17) is 28.6 Å². The van der Waals surface area contributed by atoms with E-state index in [2.05, 4.69) is 101 Å². The van der Waals surface area contributed by atoms with E-state index in [9.17, 15) is 9.59 Å². The van der Waals surface area contributed by atoms with Gasteiger partial charge in [0.2, 0.25) is 11.9 Å². The van der Waals surface area contributed by atoms with E-state index in [0.717, 1.165) is 62.5 Å². The first kappa shape index (κ1) is 52.2. The maximum atomic E-state index is 13.2. The molecule has 0 aliphatic carbocycles. The van der Waals surface area contributed by atoms with Crippen LogP contribution in [0.1, 0.15) is 132 Å². The van der Waals surface area contributed by atoms with Gasteiger partial charge >= 0.3 is 11.9 Å². The molecule has 0 heterocycles. The number of rotatable bonds is 20. The zero-order valence-electron chi connectivity index (χ0n) is 40.7. The van der Waals surface area contributed by atoms with Gasteiger partial charge in [0, 0.05) is 23.5 Å². The normalized spacial score (nSPS) is 11.9. The molecule has 0 atom stereocenters. The number of aliphatic imine (C=N–C) groups is 2.